The van der Waals surface area contributed by atoms with Crippen LogP contribution in [-0.2, 0) is 20.7 Å². The number of methoxy groups -OCH3 is 2. The lowest BCUT2D eigenvalue weighted by Crippen LogP contribution is -2.38. The number of ether oxygens (including phenoxy) is 3. The number of imide groups is 1. The van der Waals surface area contributed by atoms with Crippen LogP contribution in [0.4, 0.5) is 16.2 Å². The van der Waals surface area contributed by atoms with E-state index in [4.69, 9.17) is 14.2 Å². The number of benzene rings is 2. The van der Waals surface area contributed by atoms with E-state index in [1.165, 1.54) is 7.11 Å². The van der Waals surface area contributed by atoms with Crippen LogP contribution in [0.1, 0.15) is 11.1 Å². The molecule has 3 amide bonds. The van der Waals surface area contributed by atoms with Crippen LogP contribution in [0.3, 0.4) is 0 Å². The summed E-state index contributed by atoms with van der Waals surface area (Å²) in [5.74, 6) is 0.114. The van der Waals surface area contributed by atoms with Gasteiger partial charge in [-0.1, -0.05) is 18.2 Å². The first kappa shape index (κ1) is 26.3. The molecule has 0 spiro atoms. The van der Waals surface area contributed by atoms with Gasteiger partial charge in [-0.15, -0.1) is 6.58 Å². The van der Waals surface area contributed by atoms with Gasteiger partial charge in [0.1, 0.15) is 6.54 Å². The number of hydrogen-bond donors (Lipinski definition) is 1. The highest BCUT2D eigenvalue weighted by atomic mass is 32.2. The van der Waals surface area contributed by atoms with Crippen LogP contribution in [0.25, 0.3) is 6.08 Å². The van der Waals surface area contributed by atoms with Crippen LogP contribution in [0.15, 0.2) is 54.0 Å². The molecule has 2 fully saturated rings. The van der Waals surface area contributed by atoms with Gasteiger partial charge in [-0.3, -0.25) is 19.3 Å². The fraction of sp³-hybridized carbons (Fsp3) is 0.296. The summed E-state index contributed by atoms with van der Waals surface area (Å²) in [5.41, 5.74) is 3.00. The SMILES string of the molecule is C=CCc1cc(/C=C2\SC(=O)N(CC(=O)Nc3ccccc3N3CCOCC3)C2=O)cc(OC)c1OC. The van der Waals surface area contributed by atoms with Gasteiger partial charge in [0.25, 0.3) is 11.1 Å². The third-order valence-electron chi connectivity index (χ3n) is 5.95. The molecule has 2 aromatic carbocycles. The highest BCUT2D eigenvalue weighted by Crippen LogP contribution is 2.37. The molecule has 194 valence electrons. The van der Waals surface area contributed by atoms with Gasteiger partial charge >= 0.3 is 0 Å². The van der Waals surface area contributed by atoms with E-state index in [1.807, 2.05) is 24.3 Å². The molecule has 0 aromatic heterocycles. The number of para-hydroxylation sites is 2. The van der Waals surface area contributed by atoms with Crippen molar-refractivity contribution < 1.29 is 28.6 Å². The van der Waals surface area contributed by atoms with Crippen molar-refractivity contribution in [3.63, 3.8) is 0 Å². The molecule has 0 atom stereocenters. The zero-order valence-corrected chi connectivity index (χ0v) is 21.6. The maximum absolute atomic E-state index is 13.1. The first-order valence-corrected chi connectivity index (χ1v) is 12.6. The molecule has 2 aliphatic heterocycles. The van der Waals surface area contributed by atoms with Gasteiger partial charge in [0.05, 0.1) is 43.7 Å². The number of allylic oxidation sites excluding steroid dienone is 1. The second-order valence-corrected chi connectivity index (χ2v) is 9.33. The molecule has 0 saturated carbocycles. The maximum Gasteiger partial charge on any atom is 0.294 e. The van der Waals surface area contributed by atoms with Gasteiger partial charge in [-0.25, -0.2) is 0 Å². The lowest BCUT2D eigenvalue weighted by molar-refractivity contribution is -0.127. The first-order valence-electron chi connectivity index (χ1n) is 11.8. The number of nitrogens with zero attached hydrogens (tertiary/aromatic N) is 2. The number of thioether (sulfide) groups is 1. The van der Waals surface area contributed by atoms with Gasteiger partial charge < -0.3 is 24.4 Å². The Hall–Kier alpha value is -3.76. The van der Waals surface area contributed by atoms with Gasteiger partial charge in [0.15, 0.2) is 11.5 Å². The minimum atomic E-state index is -0.522. The Kier molecular flexibility index (Phi) is 8.52. The topological polar surface area (TPSA) is 97.4 Å². The number of amides is 3. The third kappa shape index (κ3) is 5.98. The van der Waals surface area contributed by atoms with Crippen molar-refractivity contribution in [3.8, 4) is 11.5 Å². The minimum absolute atomic E-state index is 0.225. The summed E-state index contributed by atoms with van der Waals surface area (Å²) in [4.78, 5) is 41.9. The number of morpholine rings is 1. The van der Waals surface area contributed by atoms with Crippen LogP contribution < -0.4 is 19.7 Å². The van der Waals surface area contributed by atoms with Gasteiger partial charge in [0, 0.05) is 18.7 Å². The molecule has 0 bridgehead atoms. The second-order valence-electron chi connectivity index (χ2n) is 8.34. The van der Waals surface area contributed by atoms with E-state index in [9.17, 15) is 14.4 Å². The average molecular weight is 524 g/mol. The first-order chi connectivity index (χ1) is 17.9. The van der Waals surface area contributed by atoms with Crippen molar-refractivity contribution in [1.82, 2.24) is 4.90 Å². The smallest absolute Gasteiger partial charge is 0.294 e. The monoisotopic (exact) mass is 523 g/mol. The lowest BCUT2D eigenvalue weighted by Gasteiger charge is -2.30. The van der Waals surface area contributed by atoms with Gasteiger partial charge in [-0.05, 0) is 54.1 Å². The zero-order chi connectivity index (χ0) is 26.4. The zero-order valence-electron chi connectivity index (χ0n) is 20.8. The molecule has 10 heteroatoms. The van der Waals surface area contributed by atoms with Crippen LogP contribution in [-0.4, -0.2) is 69.0 Å². The summed E-state index contributed by atoms with van der Waals surface area (Å²) >= 11 is 0.798. The molecule has 0 aliphatic carbocycles. The van der Waals surface area contributed by atoms with Crippen molar-refractivity contribution in [1.29, 1.82) is 0 Å². The molecule has 37 heavy (non-hydrogen) atoms. The molecule has 2 saturated heterocycles. The number of nitrogens with one attached hydrogen (secondary N) is 1. The standard InChI is InChI=1S/C27H29N3O6S/c1-4-7-19-14-18(15-22(34-2)25(19)35-3)16-23-26(32)30(27(33)37-23)17-24(31)28-20-8-5-6-9-21(20)29-10-12-36-13-11-29/h4-6,8-9,14-16H,1,7,10-13,17H2,2-3H3,(H,28,31)/b23-16-. The van der Waals surface area contributed by atoms with E-state index in [0.717, 1.165) is 27.9 Å². The normalized spacial score (nSPS) is 16.8. The third-order valence-corrected chi connectivity index (χ3v) is 6.85. The predicted octanol–water partition coefficient (Wildman–Crippen LogP) is 3.94. The van der Waals surface area contributed by atoms with E-state index in [1.54, 1.807) is 31.4 Å². The number of carbonyl (C=O) groups is 3. The fourth-order valence-electron chi connectivity index (χ4n) is 4.24. The minimum Gasteiger partial charge on any atom is -0.493 e. The molecule has 1 N–H and O–H groups in total. The van der Waals surface area contributed by atoms with E-state index < -0.39 is 17.1 Å². The summed E-state index contributed by atoms with van der Waals surface area (Å²) in [7, 11) is 3.09. The quantitative estimate of drug-likeness (QED) is 0.390. The maximum atomic E-state index is 13.1. The Morgan fingerprint density at radius 2 is 1.92 bits per heavy atom. The number of anilines is 2. The Morgan fingerprint density at radius 1 is 1.16 bits per heavy atom. The summed E-state index contributed by atoms with van der Waals surface area (Å²) in [6, 6.07) is 11.0. The lowest BCUT2D eigenvalue weighted by atomic mass is 10.0. The average Bonchev–Trinajstić information content (AvgIpc) is 3.16. The molecule has 2 aromatic rings. The van der Waals surface area contributed by atoms with Crippen LogP contribution >= 0.6 is 11.8 Å². The Balaban J connectivity index is 1.49. The van der Waals surface area contributed by atoms with E-state index >= 15 is 0 Å². The van der Waals surface area contributed by atoms with E-state index in [0.29, 0.717) is 55.5 Å². The van der Waals surface area contributed by atoms with Crippen molar-refractivity contribution in [3.05, 3.63) is 65.1 Å². The molecule has 9 nitrogen and oxygen atoms in total. The molecule has 0 radical (unpaired) electrons. The van der Waals surface area contributed by atoms with Crippen molar-refractivity contribution in [2.45, 2.75) is 6.42 Å². The summed E-state index contributed by atoms with van der Waals surface area (Å²) in [6.07, 6.45) is 3.89. The number of rotatable bonds is 9. The highest BCUT2D eigenvalue weighted by Gasteiger charge is 2.36. The molecule has 2 aliphatic rings. The number of carbonyl (C=O) groups excluding carboxylic acids is 3. The van der Waals surface area contributed by atoms with Gasteiger partial charge in [0.2, 0.25) is 5.91 Å². The van der Waals surface area contributed by atoms with Crippen molar-refractivity contribution in [2.24, 2.45) is 0 Å². The fourth-order valence-corrected chi connectivity index (χ4v) is 5.08. The molecule has 2 heterocycles. The Bertz CT molecular complexity index is 1240. The second kappa shape index (κ2) is 12.0. The van der Waals surface area contributed by atoms with E-state index in [2.05, 4.69) is 16.8 Å². The summed E-state index contributed by atoms with van der Waals surface area (Å²) in [6.45, 7) is 6.04. The molecule has 0 unspecified atom stereocenters. The van der Waals surface area contributed by atoms with Crippen LogP contribution in [0.2, 0.25) is 0 Å². The number of hydrogen-bond acceptors (Lipinski definition) is 8. The van der Waals surface area contributed by atoms with Crippen molar-refractivity contribution in [2.75, 3.05) is 57.3 Å². The Morgan fingerprint density at radius 3 is 2.62 bits per heavy atom. The largest absolute Gasteiger partial charge is 0.493 e. The molecular weight excluding hydrogens is 494 g/mol. The van der Waals surface area contributed by atoms with Crippen molar-refractivity contribution >= 4 is 46.3 Å². The van der Waals surface area contributed by atoms with Crippen LogP contribution in [0, 0.1) is 0 Å². The Labute approximate surface area is 220 Å². The molecule has 4 rings (SSSR count). The predicted molar refractivity (Wildman–Crippen MR) is 144 cm³/mol. The summed E-state index contributed by atoms with van der Waals surface area (Å²) < 4.78 is 16.3. The highest BCUT2D eigenvalue weighted by molar-refractivity contribution is 8.18. The van der Waals surface area contributed by atoms with E-state index in [-0.39, 0.29) is 11.4 Å². The molecular formula is C27H29N3O6S. The van der Waals surface area contributed by atoms with Crippen LogP contribution in [0.5, 0.6) is 11.5 Å². The van der Waals surface area contributed by atoms with Gasteiger partial charge in [-0.2, -0.15) is 0 Å². The summed E-state index contributed by atoms with van der Waals surface area (Å²) in [5, 5.41) is 2.35.